The van der Waals surface area contributed by atoms with Gasteiger partial charge < -0.3 is 0 Å². The molecule has 19 heavy (non-hydrogen) atoms. The van der Waals surface area contributed by atoms with E-state index in [0.29, 0.717) is 12.2 Å². The summed E-state index contributed by atoms with van der Waals surface area (Å²) in [5.41, 5.74) is 3.28. The molecule has 3 rings (SSSR count). The average Bonchev–Trinajstić information content (AvgIpc) is 2.37. The van der Waals surface area contributed by atoms with E-state index in [0.717, 1.165) is 11.1 Å². The zero-order chi connectivity index (χ0) is 13.2. The minimum atomic E-state index is -0.462. The monoisotopic (exact) mass is 254 g/mol. The summed E-state index contributed by atoms with van der Waals surface area (Å²) in [7, 11) is 0. The van der Waals surface area contributed by atoms with E-state index in [-0.39, 0.29) is 5.56 Å². The molecule has 1 aliphatic rings. The number of benzene rings is 2. The lowest BCUT2D eigenvalue weighted by atomic mass is 9.80. The Hall–Kier alpha value is -1.96. The Kier molecular flexibility index (Phi) is 3.16. The molecule has 2 aromatic rings. The van der Waals surface area contributed by atoms with Crippen LogP contribution in [0.5, 0.6) is 0 Å². The smallest absolute Gasteiger partial charge is 0.152 e. The van der Waals surface area contributed by atoms with E-state index in [1.54, 1.807) is 6.07 Å². The van der Waals surface area contributed by atoms with E-state index in [2.05, 4.69) is 12.1 Å². The van der Waals surface area contributed by atoms with Crippen molar-refractivity contribution in [2.24, 2.45) is 0 Å². The standard InChI is InChI=1S/C17H15FO/c18-17-10-15(8-9-16(17)11-19)14-6-4-13(5-7-14)12-2-1-3-12/h4-12H,1-3H2. The normalized spacial score (nSPS) is 15.0. The van der Waals surface area contributed by atoms with Gasteiger partial charge in [-0.3, -0.25) is 4.79 Å². The Morgan fingerprint density at radius 1 is 1.00 bits per heavy atom. The van der Waals surface area contributed by atoms with E-state index < -0.39 is 5.82 Å². The van der Waals surface area contributed by atoms with Crippen LogP contribution < -0.4 is 0 Å². The third-order valence-corrected chi connectivity index (χ3v) is 3.95. The van der Waals surface area contributed by atoms with Crippen LogP contribution in [0.2, 0.25) is 0 Å². The van der Waals surface area contributed by atoms with Gasteiger partial charge in [0.2, 0.25) is 0 Å². The van der Waals surface area contributed by atoms with Crippen LogP contribution in [-0.4, -0.2) is 6.29 Å². The van der Waals surface area contributed by atoms with Crippen LogP contribution in [0.15, 0.2) is 42.5 Å². The average molecular weight is 254 g/mol. The largest absolute Gasteiger partial charge is 0.298 e. The molecule has 1 aliphatic carbocycles. The molecule has 0 atom stereocenters. The summed E-state index contributed by atoms with van der Waals surface area (Å²) >= 11 is 0. The number of halogens is 1. The minimum absolute atomic E-state index is 0.106. The van der Waals surface area contributed by atoms with Gasteiger partial charge in [-0.25, -0.2) is 4.39 Å². The summed E-state index contributed by atoms with van der Waals surface area (Å²) in [5, 5.41) is 0. The molecule has 1 saturated carbocycles. The molecule has 0 spiro atoms. The lowest BCUT2D eigenvalue weighted by molar-refractivity contribution is 0.112. The number of carbonyl (C=O) groups excluding carboxylic acids is 1. The summed E-state index contributed by atoms with van der Waals surface area (Å²) in [5.74, 6) is 0.249. The molecule has 0 radical (unpaired) electrons. The highest BCUT2D eigenvalue weighted by atomic mass is 19.1. The Morgan fingerprint density at radius 3 is 2.21 bits per heavy atom. The number of hydrogen-bond donors (Lipinski definition) is 0. The van der Waals surface area contributed by atoms with Gasteiger partial charge in [0, 0.05) is 0 Å². The quantitative estimate of drug-likeness (QED) is 0.733. The predicted octanol–water partition coefficient (Wildman–Crippen LogP) is 4.57. The van der Waals surface area contributed by atoms with E-state index in [1.807, 2.05) is 12.1 Å². The maximum absolute atomic E-state index is 13.6. The molecule has 0 bridgehead atoms. The fraction of sp³-hybridized carbons (Fsp3) is 0.235. The van der Waals surface area contributed by atoms with Crippen LogP contribution in [0.3, 0.4) is 0 Å². The first kappa shape index (κ1) is 12.1. The van der Waals surface area contributed by atoms with Gasteiger partial charge in [-0.15, -0.1) is 0 Å². The summed E-state index contributed by atoms with van der Waals surface area (Å²) in [4.78, 5) is 10.6. The first-order valence-corrected chi connectivity index (χ1v) is 6.63. The second-order valence-electron chi connectivity index (χ2n) is 5.10. The van der Waals surface area contributed by atoms with Crippen molar-refractivity contribution in [3.05, 3.63) is 59.4 Å². The maximum Gasteiger partial charge on any atom is 0.152 e. The van der Waals surface area contributed by atoms with Crippen molar-refractivity contribution in [2.75, 3.05) is 0 Å². The summed E-state index contributed by atoms with van der Waals surface area (Å²) < 4.78 is 13.6. The molecule has 1 nitrogen and oxygen atoms in total. The summed E-state index contributed by atoms with van der Waals surface area (Å²) in [6, 6.07) is 13.0. The van der Waals surface area contributed by atoms with Crippen molar-refractivity contribution >= 4 is 6.29 Å². The Morgan fingerprint density at radius 2 is 1.68 bits per heavy atom. The van der Waals surface area contributed by atoms with Gasteiger partial charge in [-0.1, -0.05) is 36.8 Å². The van der Waals surface area contributed by atoms with Gasteiger partial charge >= 0.3 is 0 Å². The molecule has 0 saturated heterocycles. The number of carbonyl (C=O) groups is 1. The minimum Gasteiger partial charge on any atom is -0.298 e. The lowest BCUT2D eigenvalue weighted by Crippen LogP contribution is -2.08. The van der Waals surface area contributed by atoms with Crippen molar-refractivity contribution in [1.82, 2.24) is 0 Å². The van der Waals surface area contributed by atoms with Crippen molar-refractivity contribution in [2.45, 2.75) is 25.2 Å². The predicted molar refractivity (Wildman–Crippen MR) is 73.8 cm³/mol. The molecular formula is C17H15FO. The third kappa shape index (κ3) is 2.30. The third-order valence-electron chi connectivity index (χ3n) is 3.95. The SMILES string of the molecule is O=Cc1ccc(-c2ccc(C3CCC3)cc2)cc1F. The topological polar surface area (TPSA) is 17.1 Å². The zero-order valence-electron chi connectivity index (χ0n) is 10.6. The van der Waals surface area contributed by atoms with Crippen LogP contribution in [0.1, 0.15) is 41.1 Å². The van der Waals surface area contributed by atoms with E-state index in [4.69, 9.17) is 0 Å². The molecule has 0 N–H and O–H groups in total. The highest BCUT2D eigenvalue weighted by Crippen LogP contribution is 2.36. The van der Waals surface area contributed by atoms with Crippen molar-refractivity contribution in [1.29, 1.82) is 0 Å². The van der Waals surface area contributed by atoms with Gasteiger partial charge in [0.25, 0.3) is 0 Å². The maximum atomic E-state index is 13.6. The molecule has 2 aromatic carbocycles. The van der Waals surface area contributed by atoms with Crippen LogP contribution in [0, 0.1) is 5.82 Å². The van der Waals surface area contributed by atoms with Gasteiger partial charge in [0.1, 0.15) is 5.82 Å². The molecular weight excluding hydrogens is 239 g/mol. The Bertz CT molecular complexity index is 597. The molecule has 0 aliphatic heterocycles. The molecule has 0 aromatic heterocycles. The van der Waals surface area contributed by atoms with Crippen molar-refractivity contribution in [3.8, 4) is 11.1 Å². The van der Waals surface area contributed by atoms with E-state index in [9.17, 15) is 9.18 Å². The Balaban J connectivity index is 1.89. The van der Waals surface area contributed by atoms with Crippen LogP contribution in [0.4, 0.5) is 4.39 Å². The van der Waals surface area contributed by atoms with Gasteiger partial charge in [0.05, 0.1) is 5.56 Å². The first-order valence-electron chi connectivity index (χ1n) is 6.63. The second-order valence-corrected chi connectivity index (χ2v) is 5.10. The molecule has 1 fully saturated rings. The van der Waals surface area contributed by atoms with E-state index >= 15 is 0 Å². The highest BCUT2D eigenvalue weighted by molar-refractivity contribution is 5.77. The zero-order valence-corrected chi connectivity index (χ0v) is 10.6. The van der Waals surface area contributed by atoms with Gasteiger partial charge in [-0.2, -0.15) is 0 Å². The Labute approximate surface area is 112 Å². The molecule has 0 heterocycles. The van der Waals surface area contributed by atoms with Crippen LogP contribution >= 0.6 is 0 Å². The fourth-order valence-corrected chi connectivity index (χ4v) is 2.49. The molecule has 2 heteroatoms. The lowest BCUT2D eigenvalue weighted by Gasteiger charge is -2.25. The second kappa shape index (κ2) is 4.96. The number of aldehydes is 1. The van der Waals surface area contributed by atoms with E-state index in [1.165, 1.54) is 37.0 Å². The summed E-state index contributed by atoms with van der Waals surface area (Å²) in [6.45, 7) is 0. The molecule has 0 amide bonds. The van der Waals surface area contributed by atoms with Gasteiger partial charge in [-0.05, 0) is 47.6 Å². The fourth-order valence-electron chi connectivity index (χ4n) is 2.49. The first-order chi connectivity index (χ1) is 9.28. The van der Waals surface area contributed by atoms with Crippen molar-refractivity contribution < 1.29 is 9.18 Å². The molecule has 96 valence electrons. The number of hydrogen-bond acceptors (Lipinski definition) is 1. The molecule has 0 unspecified atom stereocenters. The van der Waals surface area contributed by atoms with Crippen molar-refractivity contribution in [3.63, 3.8) is 0 Å². The van der Waals surface area contributed by atoms with Crippen LogP contribution in [0.25, 0.3) is 11.1 Å². The highest BCUT2D eigenvalue weighted by Gasteiger charge is 2.19. The number of rotatable bonds is 3. The van der Waals surface area contributed by atoms with Gasteiger partial charge in [0.15, 0.2) is 6.29 Å². The van der Waals surface area contributed by atoms with Crippen LogP contribution in [-0.2, 0) is 0 Å². The summed E-state index contributed by atoms with van der Waals surface area (Å²) in [6.07, 6.45) is 4.42.